The van der Waals surface area contributed by atoms with Crippen molar-refractivity contribution in [3.05, 3.63) is 105 Å². The Morgan fingerprint density at radius 2 is 1.76 bits per heavy atom. The normalized spacial score (nSPS) is 11.4. The summed E-state index contributed by atoms with van der Waals surface area (Å²) < 4.78 is 28.2. The van der Waals surface area contributed by atoms with Crippen LogP contribution in [-0.2, 0) is 0 Å². The SMILES string of the molecule is Cc1ccc(Cl)cc1-n1c(C=Cc2ccc(F)c(F)c2)nc2ccccc2c1=O. The van der Waals surface area contributed by atoms with E-state index in [4.69, 9.17) is 11.6 Å². The largest absolute Gasteiger partial charge is 0.268 e. The lowest BCUT2D eigenvalue weighted by Gasteiger charge is -2.14. The van der Waals surface area contributed by atoms with Crippen LogP contribution in [-0.4, -0.2) is 9.55 Å². The maximum Gasteiger partial charge on any atom is 0.266 e. The number of halogens is 3. The van der Waals surface area contributed by atoms with Crippen molar-refractivity contribution in [1.29, 1.82) is 0 Å². The van der Waals surface area contributed by atoms with Gasteiger partial charge in [0.15, 0.2) is 11.6 Å². The number of rotatable bonds is 3. The van der Waals surface area contributed by atoms with E-state index in [1.54, 1.807) is 48.6 Å². The monoisotopic (exact) mass is 408 g/mol. The second-order valence-corrected chi connectivity index (χ2v) is 7.00. The lowest BCUT2D eigenvalue weighted by molar-refractivity contribution is 0.508. The van der Waals surface area contributed by atoms with E-state index in [0.717, 1.165) is 17.7 Å². The minimum absolute atomic E-state index is 0.245. The van der Waals surface area contributed by atoms with Gasteiger partial charge < -0.3 is 0 Å². The van der Waals surface area contributed by atoms with Gasteiger partial charge in [-0.05, 0) is 60.5 Å². The molecule has 0 aliphatic carbocycles. The first-order valence-corrected chi connectivity index (χ1v) is 9.23. The van der Waals surface area contributed by atoms with E-state index in [1.807, 2.05) is 13.0 Å². The first kappa shape index (κ1) is 19.0. The Bertz CT molecular complexity index is 1330. The number of fused-ring (bicyclic) bond motifs is 1. The summed E-state index contributed by atoms with van der Waals surface area (Å²) >= 11 is 6.16. The molecule has 0 amide bonds. The van der Waals surface area contributed by atoms with Crippen molar-refractivity contribution in [2.75, 3.05) is 0 Å². The fourth-order valence-electron chi connectivity index (χ4n) is 3.10. The lowest BCUT2D eigenvalue weighted by Crippen LogP contribution is -2.23. The molecule has 0 atom stereocenters. The van der Waals surface area contributed by atoms with Crippen LogP contribution >= 0.6 is 11.6 Å². The maximum atomic E-state index is 13.5. The Morgan fingerprint density at radius 1 is 0.966 bits per heavy atom. The summed E-state index contributed by atoms with van der Waals surface area (Å²) in [5.74, 6) is -1.51. The summed E-state index contributed by atoms with van der Waals surface area (Å²) in [5, 5.41) is 0.957. The Kier molecular flexibility index (Phi) is 4.99. The summed E-state index contributed by atoms with van der Waals surface area (Å²) in [4.78, 5) is 17.9. The number of aromatic nitrogens is 2. The summed E-state index contributed by atoms with van der Waals surface area (Å²) in [6.45, 7) is 1.87. The summed E-state index contributed by atoms with van der Waals surface area (Å²) in [6.07, 6.45) is 3.18. The smallest absolute Gasteiger partial charge is 0.266 e. The highest BCUT2D eigenvalue weighted by Crippen LogP contribution is 2.22. The molecule has 1 heterocycles. The van der Waals surface area contributed by atoms with E-state index < -0.39 is 11.6 Å². The van der Waals surface area contributed by atoms with E-state index >= 15 is 0 Å². The van der Waals surface area contributed by atoms with Gasteiger partial charge in [-0.15, -0.1) is 0 Å². The van der Waals surface area contributed by atoms with Crippen molar-refractivity contribution in [2.24, 2.45) is 0 Å². The van der Waals surface area contributed by atoms with Crippen molar-refractivity contribution in [2.45, 2.75) is 6.92 Å². The molecule has 0 saturated heterocycles. The first-order valence-electron chi connectivity index (χ1n) is 8.85. The Hall–Kier alpha value is -3.31. The van der Waals surface area contributed by atoms with Crippen LogP contribution < -0.4 is 5.56 Å². The number of para-hydroxylation sites is 1. The van der Waals surface area contributed by atoms with Crippen LogP contribution in [0.1, 0.15) is 17.0 Å². The Labute approximate surface area is 170 Å². The minimum Gasteiger partial charge on any atom is -0.268 e. The molecule has 0 N–H and O–H groups in total. The summed E-state index contributed by atoms with van der Waals surface area (Å²) in [5.41, 5.74) is 2.19. The third-order valence-electron chi connectivity index (χ3n) is 4.58. The molecule has 4 rings (SSSR count). The molecule has 6 heteroatoms. The Morgan fingerprint density at radius 3 is 2.55 bits per heavy atom. The second-order valence-electron chi connectivity index (χ2n) is 6.57. The zero-order valence-corrected chi connectivity index (χ0v) is 16.1. The first-order chi connectivity index (χ1) is 13.9. The van der Waals surface area contributed by atoms with Gasteiger partial charge in [0.2, 0.25) is 0 Å². The molecule has 1 aromatic heterocycles. The topological polar surface area (TPSA) is 34.9 Å². The molecule has 0 unspecified atom stereocenters. The third kappa shape index (κ3) is 3.69. The quantitative estimate of drug-likeness (QED) is 0.429. The lowest BCUT2D eigenvalue weighted by atomic mass is 10.1. The zero-order valence-electron chi connectivity index (χ0n) is 15.4. The molecule has 3 aromatic carbocycles. The van der Waals surface area contributed by atoms with Gasteiger partial charge >= 0.3 is 0 Å². The fraction of sp³-hybridized carbons (Fsp3) is 0.0435. The van der Waals surface area contributed by atoms with Crippen LogP contribution in [0.2, 0.25) is 5.02 Å². The van der Waals surface area contributed by atoms with Crippen LogP contribution in [0.3, 0.4) is 0 Å². The number of aryl methyl sites for hydroxylation is 1. The van der Waals surface area contributed by atoms with Crippen molar-refractivity contribution in [3.63, 3.8) is 0 Å². The standard InChI is InChI=1S/C23H15ClF2N2O/c1-14-6-9-16(24)13-21(14)28-22(11-8-15-7-10-18(25)19(26)12-15)27-20-5-3-2-4-17(20)23(28)29/h2-13H,1H3. The van der Waals surface area contributed by atoms with E-state index in [1.165, 1.54) is 10.6 Å². The van der Waals surface area contributed by atoms with Crippen LogP contribution in [0.5, 0.6) is 0 Å². The highest BCUT2D eigenvalue weighted by atomic mass is 35.5. The van der Waals surface area contributed by atoms with Gasteiger partial charge in [0.1, 0.15) is 5.82 Å². The fourth-order valence-corrected chi connectivity index (χ4v) is 3.27. The molecule has 0 aliphatic rings. The van der Waals surface area contributed by atoms with Gasteiger partial charge in [-0.3, -0.25) is 9.36 Å². The van der Waals surface area contributed by atoms with Crippen molar-refractivity contribution < 1.29 is 8.78 Å². The number of nitrogens with zero attached hydrogens (tertiary/aromatic N) is 2. The molecule has 3 nitrogen and oxygen atoms in total. The molecule has 0 bridgehead atoms. The van der Waals surface area contributed by atoms with Gasteiger partial charge in [-0.1, -0.05) is 41.9 Å². The van der Waals surface area contributed by atoms with E-state index in [-0.39, 0.29) is 5.56 Å². The van der Waals surface area contributed by atoms with Gasteiger partial charge in [0.25, 0.3) is 5.56 Å². The predicted octanol–water partition coefficient (Wildman–Crippen LogP) is 5.80. The van der Waals surface area contributed by atoms with Gasteiger partial charge in [0, 0.05) is 5.02 Å². The van der Waals surface area contributed by atoms with Crippen molar-refractivity contribution in [1.82, 2.24) is 9.55 Å². The molecule has 0 aliphatic heterocycles. The van der Waals surface area contributed by atoms with Crippen LogP contribution in [0, 0.1) is 18.6 Å². The average Bonchev–Trinajstić information content (AvgIpc) is 2.71. The van der Waals surface area contributed by atoms with E-state index in [9.17, 15) is 13.6 Å². The van der Waals surface area contributed by atoms with E-state index in [2.05, 4.69) is 4.98 Å². The second kappa shape index (κ2) is 7.60. The van der Waals surface area contributed by atoms with Gasteiger partial charge in [-0.25, -0.2) is 13.8 Å². The number of hydrogen-bond acceptors (Lipinski definition) is 2. The molecular weight excluding hydrogens is 394 g/mol. The number of hydrogen-bond donors (Lipinski definition) is 0. The molecule has 29 heavy (non-hydrogen) atoms. The van der Waals surface area contributed by atoms with Gasteiger partial charge in [0.05, 0.1) is 16.6 Å². The van der Waals surface area contributed by atoms with E-state index in [0.29, 0.717) is 33.0 Å². The summed E-state index contributed by atoms with van der Waals surface area (Å²) in [7, 11) is 0. The van der Waals surface area contributed by atoms with Gasteiger partial charge in [-0.2, -0.15) is 0 Å². The molecule has 4 aromatic rings. The van der Waals surface area contributed by atoms with Crippen molar-refractivity contribution >= 4 is 34.7 Å². The third-order valence-corrected chi connectivity index (χ3v) is 4.82. The minimum atomic E-state index is -0.943. The van der Waals surface area contributed by atoms with Crippen LogP contribution in [0.15, 0.2) is 65.5 Å². The Balaban J connectivity index is 1.96. The molecule has 0 saturated carbocycles. The predicted molar refractivity (Wildman–Crippen MR) is 112 cm³/mol. The van der Waals surface area contributed by atoms with Crippen LogP contribution in [0.4, 0.5) is 8.78 Å². The highest BCUT2D eigenvalue weighted by Gasteiger charge is 2.13. The molecule has 0 spiro atoms. The van der Waals surface area contributed by atoms with Crippen LogP contribution in [0.25, 0.3) is 28.7 Å². The number of benzene rings is 3. The molecule has 144 valence electrons. The molecule has 0 radical (unpaired) electrons. The average molecular weight is 409 g/mol. The van der Waals surface area contributed by atoms with Crippen molar-refractivity contribution in [3.8, 4) is 5.69 Å². The molecular formula is C23H15ClF2N2O. The molecule has 0 fully saturated rings. The summed E-state index contributed by atoms with van der Waals surface area (Å²) in [6, 6.07) is 15.9. The highest BCUT2D eigenvalue weighted by molar-refractivity contribution is 6.30. The maximum absolute atomic E-state index is 13.5. The zero-order chi connectivity index (χ0) is 20.5.